The smallest absolute Gasteiger partial charge is 0.0660 e. The highest BCUT2D eigenvalue weighted by Gasteiger charge is 2.20. The van der Waals surface area contributed by atoms with Gasteiger partial charge in [0.05, 0.1) is 5.60 Å². The Hall–Kier alpha value is -0.530. The number of rotatable bonds is 6. The molecule has 0 saturated heterocycles. The molecule has 0 aliphatic heterocycles. The van der Waals surface area contributed by atoms with Crippen LogP contribution < -0.4 is 0 Å². The van der Waals surface area contributed by atoms with Gasteiger partial charge in [-0.25, -0.2) is 0 Å². The standard InChI is InChI=1S/C15H23ClO/c1-12(2)5-4-10-15(3,17)11-13-6-8-14(16)9-7-13/h6-9,12,17H,4-5,10-11H2,1-3H3. The lowest BCUT2D eigenvalue weighted by Gasteiger charge is -2.23. The Morgan fingerprint density at radius 1 is 1.24 bits per heavy atom. The van der Waals surface area contributed by atoms with Gasteiger partial charge in [-0.3, -0.25) is 0 Å². The van der Waals surface area contributed by atoms with Gasteiger partial charge in [0.15, 0.2) is 0 Å². The molecular formula is C15H23ClO. The summed E-state index contributed by atoms with van der Waals surface area (Å²) in [5.41, 5.74) is 0.534. The maximum atomic E-state index is 10.3. The van der Waals surface area contributed by atoms with Gasteiger partial charge in [0.25, 0.3) is 0 Å². The summed E-state index contributed by atoms with van der Waals surface area (Å²) in [7, 11) is 0. The second kappa shape index (κ2) is 6.42. The van der Waals surface area contributed by atoms with E-state index in [0.717, 1.165) is 23.4 Å². The first-order valence-electron chi connectivity index (χ1n) is 6.36. The van der Waals surface area contributed by atoms with Crippen LogP contribution in [0.5, 0.6) is 0 Å². The zero-order chi connectivity index (χ0) is 12.9. The van der Waals surface area contributed by atoms with E-state index in [1.165, 1.54) is 6.42 Å². The molecule has 2 heteroatoms. The fourth-order valence-corrected chi connectivity index (χ4v) is 2.15. The van der Waals surface area contributed by atoms with Crippen LogP contribution in [0.2, 0.25) is 5.02 Å². The molecule has 17 heavy (non-hydrogen) atoms. The largest absolute Gasteiger partial charge is 0.390 e. The first-order valence-corrected chi connectivity index (χ1v) is 6.74. The summed E-state index contributed by atoms with van der Waals surface area (Å²) in [6.45, 7) is 6.35. The van der Waals surface area contributed by atoms with Crippen LogP contribution in [0.25, 0.3) is 0 Å². The van der Waals surface area contributed by atoms with Gasteiger partial charge in [-0.05, 0) is 37.0 Å². The summed E-state index contributed by atoms with van der Waals surface area (Å²) in [6.07, 6.45) is 3.81. The summed E-state index contributed by atoms with van der Waals surface area (Å²) >= 11 is 5.84. The topological polar surface area (TPSA) is 20.2 Å². The first kappa shape index (κ1) is 14.5. The number of aliphatic hydroxyl groups is 1. The van der Waals surface area contributed by atoms with Crippen molar-refractivity contribution in [3.63, 3.8) is 0 Å². The molecule has 1 nitrogen and oxygen atoms in total. The normalized spacial score (nSPS) is 14.9. The lowest BCUT2D eigenvalue weighted by molar-refractivity contribution is 0.0478. The van der Waals surface area contributed by atoms with Crippen LogP contribution in [-0.4, -0.2) is 10.7 Å². The molecule has 1 rings (SSSR count). The van der Waals surface area contributed by atoms with E-state index in [1.807, 2.05) is 31.2 Å². The van der Waals surface area contributed by atoms with Crippen LogP contribution in [0.4, 0.5) is 0 Å². The van der Waals surface area contributed by atoms with Crippen LogP contribution in [0.1, 0.15) is 45.6 Å². The third kappa shape index (κ3) is 6.09. The minimum absolute atomic E-state index is 0.608. The molecule has 0 radical (unpaired) electrons. The van der Waals surface area contributed by atoms with Gasteiger partial charge >= 0.3 is 0 Å². The second-order valence-electron chi connectivity index (χ2n) is 5.59. The number of halogens is 1. The number of hydrogen-bond acceptors (Lipinski definition) is 1. The van der Waals surface area contributed by atoms with Gasteiger partial charge in [0.2, 0.25) is 0 Å². The molecule has 1 atom stereocenters. The maximum absolute atomic E-state index is 10.3. The van der Waals surface area contributed by atoms with Crippen molar-refractivity contribution >= 4 is 11.6 Å². The van der Waals surface area contributed by atoms with E-state index >= 15 is 0 Å². The summed E-state index contributed by atoms with van der Waals surface area (Å²) in [6, 6.07) is 7.72. The summed E-state index contributed by atoms with van der Waals surface area (Å²) < 4.78 is 0. The highest BCUT2D eigenvalue weighted by atomic mass is 35.5. The fraction of sp³-hybridized carbons (Fsp3) is 0.600. The van der Waals surface area contributed by atoms with E-state index in [9.17, 15) is 5.11 Å². The van der Waals surface area contributed by atoms with Crippen molar-refractivity contribution in [3.05, 3.63) is 34.9 Å². The van der Waals surface area contributed by atoms with Crippen LogP contribution >= 0.6 is 11.6 Å². The van der Waals surface area contributed by atoms with E-state index in [0.29, 0.717) is 12.3 Å². The van der Waals surface area contributed by atoms with Gasteiger partial charge in [0.1, 0.15) is 0 Å². The molecule has 96 valence electrons. The molecule has 1 aromatic carbocycles. The molecule has 0 aliphatic carbocycles. The van der Waals surface area contributed by atoms with Gasteiger partial charge in [-0.2, -0.15) is 0 Å². The van der Waals surface area contributed by atoms with Gasteiger partial charge in [0, 0.05) is 11.4 Å². The average molecular weight is 255 g/mol. The number of benzene rings is 1. The van der Waals surface area contributed by atoms with E-state index in [1.54, 1.807) is 0 Å². The molecule has 0 spiro atoms. The second-order valence-corrected chi connectivity index (χ2v) is 6.02. The monoisotopic (exact) mass is 254 g/mol. The quantitative estimate of drug-likeness (QED) is 0.795. The number of hydrogen-bond donors (Lipinski definition) is 1. The van der Waals surface area contributed by atoms with Crippen LogP contribution in [0.15, 0.2) is 24.3 Å². The molecule has 0 heterocycles. The lowest BCUT2D eigenvalue weighted by Crippen LogP contribution is -2.27. The highest BCUT2D eigenvalue weighted by molar-refractivity contribution is 6.30. The van der Waals surface area contributed by atoms with E-state index in [-0.39, 0.29) is 0 Å². The van der Waals surface area contributed by atoms with Crippen molar-refractivity contribution in [1.82, 2.24) is 0 Å². The van der Waals surface area contributed by atoms with Crippen molar-refractivity contribution in [2.45, 2.75) is 52.1 Å². The molecular weight excluding hydrogens is 232 g/mol. The Morgan fingerprint density at radius 2 is 1.82 bits per heavy atom. The van der Waals surface area contributed by atoms with Crippen molar-refractivity contribution in [2.75, 3.05) is 0 Å². The first-order chi connectivity index (χ1) is 7.89. The highest BCUT2D eigenvalue weighted by Crippen LogP contribution is 2.22. The van der Waals surface area contributed by atoms with Crippen LogP contribution in [0.3, 0.4) is 0 Å². The van der Waals surface area contributed by atoms with Crippen LogP contribution in [0, 0.1) is 5.92 Å². The molecule has 1 N–H and O–H groups in total. The van der Waals surface area contributed by atoms with E-state index in [2.05, 4.69) is 13.8 Å². The van der Waals surface area contributed by atoms with Crippen molar-refractivity contribution in [3.8, 4) is 0 Å². The Morgan fingerprint density at radius 3 is 2.35 bits per heavy atom. The molecule has 0 aliphatic rings. The Balaban J connectivity index is 2.45. The average Bonchev–Trinajstić information content (AvgIpc) is 2.20. The predicted octanol–water partition coefficient (Wildman–Crippen LogP) is 4.46. The zero-order valence-electron chi connectivity index (χ0n) is 11.0. The lowest BCUT2D eigenvalue weighted by atomic mass is 9.90. The molecule has 0 amide bonds. The molecule has 0 bridgehead atoms. The van der Waals surface area contributed by atoms with Crippen molar-refractivity contribution in [2.24, 2.45) is 5.92 Å². The molecule has 0 fully saturated rings. The maximum Gasteiger partial charge on any atom is 0.0660 e. The Kier molecular flexibility index (Phi) is 5.48. The van der Waals surface area contributed by atoms with Crippen molar-refractivity contribution < 1.29 is 5.11 Å². The van der Waals surface area contributed by atoms with Gasteiger partial charge in [-0.1, -0.05) is 50.4 Å². The summed E-state index contributed by atoms with van der Waals surface area (Å²) in [5.74, 6) is 0.710. The third-order valence-corrected chi connectivity index (χ3v) is 3.25. The molecule has 1 unspecified atom stereocenters. The molecule has 0 saturated carbocycles. The zero-order valence-corrected chi connectivity index (χ0v) is 11.8. The fourth-order valence-electron chi connectivity index (χ4n) is 2.02. The minimum Gasteiger partial charge on any atom is -0.390 e. The minimum atomic E-state index is -0.608. The van der Waals surface area contributed by atoms with Gasteiger partial charge < -0.3 is 5.11 Å². The van der Waals surface area contributed by atoms with Crippen LogP contribution in [-0.2, 0) is 6.42 Å². The SMILES string of the molecule is CC(C)CCCC(C)(O)Cc1ccc(Cl)cc1. The molecule has 1 aromatic rings. The van der Waals surface area contributed by atoms with Crippen molar-refractivity contribution in [1.29, 1.82) is 0 Å². The van der Waals surface area contributed by atoms with E-state index in [4.69, 9.17) is 11.6 Å². The Bertz CT molecular complexity index is 327. The third-order valence-electron chi connectivity index (χ3n) is 3.00. The summed E-state index contributed by atoms with van der Waals surface area (Å²) in [4.78, 5) is 0. The Labute approximate surface area is 110 Å². The van der Waals surface area contributed by atoms with Gasteiger partial charge in [-0.15, -0.1) is 0 Å². The summed E-state index contributed by atoms with van der Waals surface area (Å²) in [5, 5.41) is 11.1. The molecule has 0 aromatic heterocycles. The predicted molar refractivity (Wildman–Crippen MR) is 74.5 cm³/mol. The van der Waals surface area contributed by atoms with E-state index < -0.39 is 5.60 Å².